The summed E-state index contributed by atoms with van der Waals surface area (Å²) in [5.74, 6) is -0.848. The molecule has 1 aromatic heterocycles. The molecule has 0 unspecified atom stereocenters. The predicted octanol–water partition coefficient (Wildman–Crippen LogP) is 2.63. The first-order valence-corrected chi connectivity index (χ1v) is 5.66. The molecule has 1 heterocycles. The van der Waals surface area contributed by atoms with Gasteiger partial charge in [0, 0.05) is 10.9 Å². The lowest BCUT2D eigenvalue weighted by atomic mass is 10.1. The van der Waals surface area contributed by atoms with Crippen molar-refractivity contribution in [3.05, 3.63) is 48.0 Å². The number of rotatable bonds is 2. The molecule has 0 fully saturated rings. The third-order valence-corrected chi connectivity index (χ3v) is 2.97. The lowest BCUT2D eigenvalue weighted by Gasteiger charge is -2.01. The van der Waals surface area contributed by atoms with Crippen LogP contribution in [0, 0.1) is 0 Å². The molecule has 0 amide bonds. The number of hydrogen-bond donors (Lipinski definition) is 3. The maximum Gasteiger partial charge on any atom is 0.335 e. The molecule has 2 aromatic carbocycles. The summed E-state index contributed by atoms with van der Waals surface area (Å²) in [6.07, 6.45) is 0. The summed E-state index contributed by atoms with van der Waals surface area (Å²) in [6, 6.07) is 11.6. The number of aromatic carboxylic acids is 1. The first-order valence-electron chi connectivity index (χ1n) is 5.66. The van der Waals surface area contributed by atoms with Crippen LogP contribution in [0.2, 0.25) is 0 Å². The van der Waals surface area contributed by atoms with Crippen LogP contribution in [0.4, 0.5) is 0 Å². The zero-order chi connectivity index (χ0) is 13.4. The van der Waals surface area contributed by atoms with Crippen LogP contribution in [0.25, 0.3) is 22.2 Å². The Kier molecular flexibility index (Phi) is 2.45. The quantitative estimate of drug-likeness (QED) is 0.656. The summed E-state index contributed by atoms with van der Waals surface area (Å²) >= 11 is 0. The highest BCUT2D eigenvalue weighted by Gasteiger charge is 2.13. The van der Waals surface area contributed by atoms with Crippen LogP contribution in [-0.2, 0) is 0 Å². The number of phenols is 1. The number of aromatic nitrogens is 2. The molecule has 0 saturated carbocycles. The second-order valence-corrected chi connectivity index (χ2v) is 4.15. The Morgan fingerprint density at radius 2 is 1.95 bits per heavy atom. The summed E-state index contributed by atoms with van der Waals surface area (Å²) in [5.41, 5.74) is 2.03. The summed E-state index contributed by atoms with van der Waals surface area (Å²) in [4.78, 5) is 10.9. The number of nitrogens with one attached hydrogen (secondary N) is 1. The van der Waals surface area contributed by atoms with Crippen molar-refractivity contribution in [3.8, 4) is 17.0 Å². The van der Waals surface area contributed by atoms with Gasteiger partial charge in [-0.15, -0.1) is 0 Å². The Balaban J connectivity index is 2.22. The van der Waals surface area contributed by atoms with E-state index in [9.17, 15) is 9.90 Å². The van der Waals surface area contributed by atoms with E-state index in [1.54, 1.807) is 30.3 Å². The smallest absolute Gasteiger partial charge is 0.335 e. The van der Waals surface area contributed by atoms with E-state index in [1.165, 1.54) is 12.1 Å². The van der Waals surface area contributed by atoms with Gasteiger partial charge in [-0.25, -0.2) is 4.79 Å². The fourth-order valence-electron chi connectivity index (χ4n) is 2.03. The largest absolute Gasteiger partial charge is 0.507 e. The van der Waals surface area contributed by atoms with Gasteiger partial charge < -0.3 is 10.2 Å². The number of fused-ring (bicyclic) bond motifs is 1. The van der Waals surface area contributed by atoms with E-state index in [0.29, 0.717) is 16.8 Å². The predicted molar refractivity (Wildman–Crippen MR) is 70.2 cm³/mol. The van der Waals surface area contributed by atoms with Crippen molar-refractivity contribution >= 4 is 16.9 Å². The first kappa shape index (κ1) is 11.3. The number of nitrogens with zero attached hydrogens (tertiary/aromatic N) is 1. The second kappa shape index (κ2) is 4.13. The molecule has 0 radical (unpaired) electrons. The standard InChI is InChI=1S/C14H10N2O3/c17-12-4-2-1-3-10(12)13-9-6-5-8(14(18)19)7-11(9)15-16-13/h1-7,17H,(H,15,16)(H,18,19). The zero-order valence-electron chi connectivity index (χ0n) is 9.79. The van der Waals surface area contributed by atoms with Crippen LogP contribution in [0.5, 0.6) is 5.75 Å². The Morgan fingerprint density at radius 1 is 1.16 bits per heavy atom. The minimum atomic E-state index is -0.986. The maximum absolute atomic E-state index is 10.9. The van der Waals surface area contributed by atoms with E-state index in [2.05, 4.69) is 10.2 Å². The van der Waals surface area contributed by atoms with Gasteiger partial charge in [0.05, 0.1) is 11.1 Å². The van der Waals surface area contributed by atoms with E-state index in [0.717, 1.165) is 5.39 Å². The third-order valence-electron chi connectivity index (χ3n) is 2.97. The molecule has 0 aliphatic rings. The van der Waals surface area contributed by atoms with E-state index in [4.69, 9.17) is 5.11 Å². The Hall–Kier alpha value is -2.82. The average molecular weight is 254 g/mol. The molecule has 0 aliphatic heterocycles. The Bertz CT molecular complexity index is 777. The van der Waals surface area contributed by atoms with E-state index in [1.807, 2.05) is 0 Å². The zero-order valence-corrected chi connectivity index (χ0v) is 9.79. The lowest BCUT2D eigenvalue weighted by molar-refractivity contribution is 0.0697. The Labute approximate surface area is 108 Å². The fourth-order valence-corrected chi connectivity index (χ4v) is 2.03. The number of carboxylic acids is 1. The first-order chi connectivity index (χ1) is 9.16. The third kappa shape index (κ3) is 1.81. The van der Waals surface area contributed by atoms with Crippen molar-refractivity contribution in [2.24, 2.45) is 0 Å². The second-order valence-electron chi connectivity index (χ2n) is 4.15. The van der Waals surface area contributed by atoms with Crippen molar-refractivity contribution in [2.45, 2.75) is 0 Å². The van der Waals surface area contributed by atoms with Gasteiger partial charge in [-0.1, -0.05) is 12.1 Å². The molecule has 3 N–H and O–H groups in total. The molecule has 5 heteroatoms. The SMILES string of the molecule is O=C(O)c1ccc2c(-c3ccccc3O)n[nH]c2c1. The molecule has 19 heavy (non-hydrogen) atoms. The van der Waals surface area contributed by atoms with Crippen LogP contribution in [0.3, 0.4) is 0 Å². The molecule has 0 saturated heterocycles. The maximum atomic E-state index is 10.9. The van der Waals surface area contributed by atoms with Crippen LogP contribution in [0.1, 0.15) is 10.4 Å². The molecule has 0 aliphatic carbocycles. The number of hydrogen-bond acceptors (Lipinski definition) is 3. The highest BCUT2D eigenvalue weighted by molar-refractivity contribution is 5.98. The fraction of sp³-hybridized carbons (Fsp3) is 0. The highest BCUT2D eigenvalue weighted by Crippen LogP contribution is 2.32. The average Bonchev–Trinajstić information content (AvgIpc) is 2.82. The van der Waals surface area contributed by atoms with Gasteiger partial charge in [-0.05, 0) is 30.3 Å². The normalized spacial score (nSPS) is 10.7. The monoisotopic (exact) mass is 254 g/mol. The van der Waals surface area contributed by atoms with Crippen molar-refractivity contribution in [3.63, 3.8) is 0 Å². The topological polar surface area (TPSA) is 86.2 Å². The minimum absolute atomic E-state index is 0.137. The number of phenolic OH excluding ortho intramolecular Hbond substituents is 1. The van der Waals surface area contributed by atoms with Gasteiger partial charge in [0.25, 0.3) is 0 Å². The summed E-state index contributed by atoms with van der Waals surface area (Å²) < 4.78 is 0. The van der Waals surface area contributed by atoms with Gasteiger partial charge in [0.2, 0.25) is 0 Å². The molecule has 0 bridgehead atoms. The molecule has 0 spiro atoms. The van der Waals surface area contributed by atoms with Crippen molar-refractivity contribution in [1.29, 1.82) is 0 Å². The molecule has 94 valence electrons. The van der Waals surface area contributed by atoms with Crippen molar-refractivity contribution < 1.29 is 15.0 Å². The van der Waals surface area contributed by atoms with Crippen LogP contribution in [0.15, 0.2) is 42.5 Å². The number of para-hydroxylation sites is 1. The van der Waals surface area contributed by atoms with Gasteiger partial charge in [-0.3, -0.25) is 5.10 Å². The summed E-state index contributed by atoms with van der Waals surface area (Å²) in [5, 5.41) is 26.5. The minimum Gasteiger partial charge on any atom is -0.507 e. The molecule has 3 aromatic rings. The van der Waals surface area contributed by atoms with Crippen molar-refractivity contribution in [2.75, 3.05) is 0 Å². The van der Waals surface area contributed by atoms with Gasteiger partial charge >= 0.3 is 5.97 Å². The van der Waals surface area contributed by atoms with Gasteiger partial charge in [0.1, 0.15) is 11.4 Å². The molecular formula is C14H10N2O3. The lowest BCUT2D eigenvalue weighted by Crippen LogP contribution is -1.94. The van der Waals surface area contributed by atoms with E-state index >= 15 is 0 Å². The number of H-pyrrole nitrogens is 1. The molecule has 3 rings (SSSR count). The van der Waals surface area contributed by atoms with Crippen molar-refractivity contribution in [1.82, 2.24) is 10.2 Å². The van der Waals surface area contributed by atoms with Crippen LogP contribution >= 0.6 is 0 Å². The van der Waals surface area contributed by atoms with Crippen LogP contribution in [-0.4, -0.2) is 26.4 Å². The van der Waals surface area contributed by atoms with Gasteiger partial charge in [-0.2, -0.15) is 5.10 Å². The van der Waals surface area contributed by atoms with E-state index < -0.39 is 5.97 Å². The molecule has 5 nitrogen and oxygen atoms in total. The number of aromatic hydroxyl groups is 1. The summed E-state index contributed by atoms with van der Waals surface area (Å²) in [7, 11) is 0. The molecule has 0 atom stereocenters. The molecular weight excluding hydrogens is 244 g/mol. The summed E-state index contributed by atoms with van der Waals surface area (Å²) in [6.45, 7) is 0. The number of carboxylic acid groups (broad SMARTS) is 1. The number of benzene rings is 2. The van der Waals surface area contributed by atoms with Gasteiger partial charge in [0.15, 0.2) is 0 Å². The highest BCUT2D eigenvalue weighted by atomic mass is 16.4. The van der Waals surface area contributed by atoms with E-state index in [-0.39, 0.29) is 11.3 Å². The Morgan fingerprint density at radius 3 is 2.68 bits per heavy atom. The number of aromatic amines is 1. The van der Waals surface area contributed by atoms with Crippen LogP contribution < -0.4 is 0 Å². The number of carbonyl (C=O) groups is 1.